The zero-order chi connectivity index (χ0) is 15.0. The topological polar surface area (TPSA) is 58.6 Å². The van der Waals surface area contributed by atoms with E-state index in [1.165, 1.54) is 0 Å². The molecule has 0 spiro atoms. The van der Waals surface area contributed by atoms with Gasteiger partial charge in [0, 0.05) is 6.54 Å². The smallest absolute Gasteiger partial charge is 0.258 e. The molecular formula is C16H25NO3. The molecule has 4 nitrogen and oxygen atoms in total. The van der Waals surface area contributed by atoms with Crippen LogP contribution in [0.5, 0.6) is 5.75 Å². The van der Waals surface area contributed by atoms with Gasteiger partial charge >= 0.3 is 0 Å². The number of para-hydroxylation sites is 1. The molecule has 0 aliphatic rings. The zero-order valence-electron chi connectivity index (χ0n) is 12.6. The van der Waals surface area contributed by atoms with E-state index in [4.69, 9.17) is 4.74 Å². The van der Waals surface area contributed by atoms with Crippen molar-refractivity contribution in [2.75, 3.05) is 13.2 Å². The van der Waals surface area contributed by atoms with Gasteiger partial charge in [0.2, 0.25) is 0 Å². The van der Waals surface area contributed by atoms with Gasteiger partial charge in [-0.3, -0.25) is 4.79 Å². The van der Waals surface area contributed by atoms with Gasteiger partial charge in [-0.15, -0.1) is 0 Å². The van der Waals surface area contributed by atoms with Gasteiger partial charge in [0.25, 0.3) is 5.91 Å². The van der Waals surface area contributed by atoms with Gasteiger partial charge in [0.05, 0.1) is 5.60 Å². The van der Waals surface area contributed by atoms with Crippen molar-refractivity contribution in [1.82, 2.24) is 5.32 Å². The fraction of sp³-hybridized carbons (Fsp3) is 0.562. The molecule has 0 aromatic heterocycles. The number of amides is 1. The van der Waals surface area contributed by atoms with Crippen LogP contribution in [0.4, 0.5) is 0 Å². The Kier molecular flexibility index (Phi) is 6.52. The van der Waals surface area contributed by atoms with Crippen LogP contribution < -0.4 is 10.1 Å². The summed E-state index contributed by atoms with van der Waals surface area (Å²) >= 11 is 0. The fourth-order valence-corrected chi connectivity index (χ4v) is 1.89. The summed E-state index contributed by atoms with van der Waals surface area (Å²) in [6, 6.07) is 7.69. The molecule has 1 aromatic carbocycles. The summed E-state index contributed by atoms with van der Waals surface area (Å²) in [5.74, 6) is 0.530. The molecule has 1 aromatic rings. The normalized spacial score (nSPS) is 11.2. The SMILES string of the molecule is CCc1ccccc1OCC(=O)NCC(O)(CC)CC. The second-order valence-corrected chi connectivity index (χ2v) is 4.96. The first-order valence-corrected chi connectivity index (χ1v) is 7.24. The Morgan fingerprint density at radius 2 is 1.90 bits per heavy atom. The third kappa shape index (κ3) is 4.85. The van der Waals surface area contributed by atoms with E-state index in [9.17, 15) is 9.90 Å². The predicted molar refractivity (Wildman–Crippen MR) is 79.9 cm³/mol. The molecule has 0 aliphatic heterocycles. The Balaban J connectivity index is 2.44. The van der Waals surface area contributed by atoms with Crippen LogP contribution in [0.15, 0.2) is 24.3 Å². The molecule has 1 rings (SSSR count). The van der Waals surface area contributed by atoms with Gasteiger partial charge in [0.15, 0.2) is 6.61 Å². The minimum atomic E-state index is -0.822. The van der Waals surface area contributed by atoms with Gasteiger partial charge in [-0.05, 0) is 30.9 Å². The van der Waals surface area contributed by atoms with E-state index >= 15 is 0 Å². The van der Waals surface area contributed by atoms with Gasteiger partial charge in [0.1, 0.15) is 5.75 Å². The van der Waals surface area contributed by atoms with Crippen LogP contribution in [0.2, 0.25) is 0 Å². The van der Waals surface area contributed by atoms with Crippen molar-refractivity contribution < 1.29 is 14.6 Å². The third-order valence-corrected chi connectivity index (χ3v) is 3.64. The van der Waals surface area contributed by atoms with Crippen LogP contribution in [0.3, 0.4) is 0 Å². The minimum absolute atomic E-state index is 0.0273. The number of nitrogens with one attached hydrogen (secondary N) is 1. The highest BCUT2D eigenvalue weighted by Crippen LogP contribution is 2.18. The van der Waals surface area contributed by atoms with E-state index in [1.54, 1.807) is 0 Å². The molecule has 0 aliphatic carbocycles. The summed E-state index contributed by atoms with van der Waals surface area (Å²) in [4.78, 5) is 11.7. The molecule has 2 N–H and O–H groups in total. The van der Waals surface area contributed by atoms with E-state index in [-0.39, 0.29) is 19.1 Å². The summed E-state index contributed by atoms with van der Waals surface area (Å²) in [5.41, 5.74) is 0.260. The summed E-state index contributed by atoms with van der Waals surface area (Å²) in [6.07, 6.45) is 2.09. The maximum Gasteiger partial charge on any atom is 0.258 e. The highest BCUT2D eigenvalue weighted by atomic mass is 16.5. The lowest BCUT2D eigenvalue weighted by atomic mass is 9.98. The number of hydrogen-bond acceptors (Lipinski definition) is 3. The highest BCUT2D eigenvalue weighted by Gasteiger charge is 2.22. The standard InChI is InChI=1S/C16H25NO3/c1-4-13-9-7-8-10-14(13)20-11-15(18)17-12-16(19,5-2)6-3/h7-10,19H,4-6,11-12H2,1-3H3,(H,17,18). The molecule has 0 unspecified atom stereocenters. The fourth-order valence-electron chi connectivity index (χ4n) is 1.89. The number of aryl methyl sites for hydroxylation is 1. The second-order valence-electron chi connectivity index (χ2n) is 4.96. The summed E-state index contributed by atoms with van der Waals surface area (Å²) in [5, 5.41) is 12.8. The van der Waals surface area contributed by atoms with Crippen molar-refractivity contribution in [3.63, 3.8) is 0 Å². The number of carbonyl (C=O) groups excluding carboxylic acids is 1. The lowest BCUT2D eigenvalue weighted by Gasteiger charge is -2.25. The van der Waals surface area contributed by atoms with Crippen LogP contribution in [-0.4, -0.2) is 29.8 Å². The summed E-state index contributed by atoms with van der Waals surface area (Å²) < 4.78 is 5.53. The molecule has 0 heterocycles. The first-order valence-electron chi connectivity index (χ1n) is 7.24. The first-order chi connectivity index (χ1) is 9.54. The number of carbonyl (C=O) groups is 1. The van der Waals surface area contributed by atoms with Crippen molar-refractivity contribution in [2.24, 2.45) is 0 Å². The van der Waals surface area contributed by atoms with E-state index in [0.29, 0.717) is 12.8 Å². The molecule has 4 heteroatoms. The average molecular weight is 279 g/mol. The minimum Gasteiger partial charge on any atom is -0.483 e. The van der Waals surface area contributed by atoms with Crippen molar-refractivity contribution in [3.8, 4) is 5.75 Å². The molecule has 0 saturated heterocycles. The first kappa shape index (κ1) is 16.5. The number of rotatable bonds is 8. The largest absolute Gasteiger partial charge is 0.483 e. The Morgan fingerprint density at radius 1 is 1.25 bits per heavy atom. The second kappa shape index (κ2) is 7.90. The van der Waals surface area contributed by atoms with Gasteiger partial charge in [-0.25, -0.2) is 0 Å². The van der Waals surface area contributed by atoms with Crippen LogP contribution in [0.25, 0.3) is 0 Å². The number of ether oxygens (including phenoxy) is 1. The molecule has 0 fully saturated rings. The lowest BCUT2D eigenvalue weighted by Crippen LogP contribution is -2.43. The number of aliphatic hydroxyl groups is 1. The number of hydrogen-bond donors (Lipinski definition) is 2. The van der Waals surface area contributed by atoms with Crippen molar-refractivity contribution in [2.45, 2.75) is 45.6 Å². The Hall–Kier alpha value is -1.55. The van der Waals surface area contributed by atoms with Crippen molar-refractivity contribution >= 4 is 5.91 Å². The molecule has 0 atom stereocenters. The van der Waals surface area contributed by atoms with Gasteiger partial charge in [-0.1, -0.05) is 39.0 Å². The summed E-state index contributed by atoms with van der Waals surface area (Å²) in [7, 11) is 0. The molecule has 1 amide bonds. The maximum absolute atomic E-state index is 11.7. The molecule has 112 valence electrons. The van der Waals surface area contributed by atoms with E-state index in [1.807, 2.05) is 45.0 Å². The quantitative estimate of drug-likeness (QED) is 0.767. The Bertz CT molecular complexity index is 427. The van der Waals surface area contributed by atoms with Gasteiger partial charge < -0.3 is 15.2 Å². The summed E-state index contributed by atoms with van der Waals surface area (Å²) in [6.45, 7) is 6.09. The Morgan fingerprint density at radius 3 is 2.50 bits per heavy atom. The van der Waals surface area contributed by atoms with E-state index in [2.05, 4.69) is 5.32 Å². The van der Waals surface area contributed by atoms with E-state index < -0.39 is 5.60 Å². The molecule has 0 radical (unpaired) electrons. The molecule has 0 bridgehead atoms. The molecule has 0 saturated carbocycles. The van der Waals surface area contributed by atoms with Crippen LogP contribution >= 0.6 is 0 Å². The zero-order valence-corrected chi connectivity index (χ0v) is 12.6. The lowest BCUT2D eigenvalue weighted by molar-refractivity contribution is -0.124. The monoisotopic (exact) mass is 279 g/mol. The molecular weight excluding hydrogens is 254 g/mol. The van der Waals surface area contributed by atoms with Gasteiger partial charge in [-0.2, -0.15) is 0 Å². The molecule has 20 heavy (non-hydrogen) atoms. The number of benzene rings is 1. The highest BCUT2D eigenvalue weighted by molar-refractivity contribution is 5.77. The van der Waals surface area contributed by atoms with Crippen LogP contribution in [-0.2, 0) is 11.2 Å². The average Bonchev–Trinajstić information content (AvgIpc) is 2.50. The predicted octanol–water partition coefficient (Wildman–Crippen LogP) is 2.30. The third-order valence-electron chi connectivity index (χ3n) is 3.64. The van der Waals surface area contributed by atoms with Crippen molar-refractivity contribution in [3.05, 3.63) is 29.8 Å². The van der Waals surface area contributed by atoms with Crippen molar-refractivity contribution in [1.29, 1.82) is 0 Å². The van der Waals surface area contributed by atoms with Crippen LogP contribution in [0, 0.1) is 0 Å². The Labute approximate surface area is 121 Å². The van der Waals surface area contributed by atoms with Crippen LogP contribution in [0.1, 0.15) is 39.2 Å². The maximum atomic E-state index is 11.7. The van der Waals surface area contributed by atoms with E-state index in [0.717, 1.165) is 17.7 Å².